The second-order valence-electron chi connectivity index (χ2n) is 6.78. The predicted molar refractivity (Wildman–Crippen MR) is 112 cm³/mol. The molecule has 9 nitrogen and oxygen atoms in total. The highest BCUT2D eigenvalue weighted by atomic mass is 32.2. The van der Waals surface area contributed by atoms with Crippen LogP contribution in [0.15, 0.2) is 47.4 Å². The Balaban J connectivity index is 1.60. The molecule has 1 aliphatic heterocycles. The van der Waals surface area contributed by atoms with Gasteiger partial charge in [-0.3, -0.25) is 9.59 Å². The highest BCUT2D eigenvalue weighted by Gasteiger charge is 2.32. The summed E-state index contributed by atoms with van der Waals surface area (Å²) in [7, 11) is -0.951. The van der Waals surface area contributed by atoms with Gasteiger partial charge in [-0.15, -0.1) is 0 Å². The largest absolute Gasteiger partial charge is 0.497 e. The number of rotatable bonds is 8. The number of benzene rings is 2. The normalized spacial score (nSPS) is 14.7. The summed E-state index contributed by atoms with van der Waals surface area (Å²) >= 11 is 0. The first kappa shape index (κ1) is 22.6. The molecule has 10 heteroatoms. The summed E-state index contributed by atoms with van der Waals surface area (Å²) in [6, 6.07) is 11.0. The third kappa shape index (κ3) is 5.15. The summed E-state index contributed by atoms with van der Waals surface area (Å²) in [5.41, 5.74) is 0.517. The van der Waals surface area contributed by atoms with E-state index in [0.29, 0.717) is 17.1 Å². The Morgan fingerprint density at radius 2 is 1.61 bits per heavy atom. The van der Waals surface area contributed by atoms with Crippen molar-refractivity contribution in [1.82, 2.24) is 9.21 Å². The van der Waals surface area contributed by atoms with E-state index in [1.165, 1.54) is 24.6 Å². The van der Waals surface area contributed by atoms with Crippen LogP contribution in [0.3, 0.4) is 0 Å². The number of carbonyl (C=O) groups is 2. The van der Waals surface area contributed by atoms with Crippen LogP contribution in [0.1, 0.15) is 10.4 Å². The molecule has 2 aromatic carbocycles. The number of ether oxygens (including phenoxy) is 3. The van der Waals surface area contributed by atoms with Crippen LogP contribution in [0.4, 0.5) is 0 Å². The van der Waals surface area contributed by atoms with E-state index < -0.39 is 10.0 Å². The summed E-state index contributed by atoms with van der Waals surface area (Å²) in [6.45, 7) is 0.636. The number of amides is 1. The van der Waals surface area contributed by atoms with Gasteiger partial charge < -0.3 is 19.1 Å². The van der Waals surface area contributed by atoms with E-state index in [2.05, 4.69) is 0 Å². The standard InChI is InChI=1S/C21H24N2O7S/c1-28-18-7-8-19(29-2)20(13-18)31(26,27)23-11-9-22(10-12-23)21(25)15-30-17-5-3-16(14-24)4-6-17/h3-8,13-14H,9-12,15H2,1-2H3. The Bertz CT molecular complexity index is 1030. The first-order chi connectivity index (χ1) is 14.9. The van der Waals surface area contributed by atoms with Crippen molar-refractivity contribution in [3.8, 4) is 17.2 Å². The van der Waals surface area contributed by atoms with E-state index in [1.807, 2.05) is 0 Å². The lowest BCUT2D eigenvalue weighted by Crippen LogP contribution is -2.51. The summed E-state index contributed by atoms with van der Waals surface area (Å²) < 4.78 is 43.4. The van der Waals surface area contributed by atoms with Crippen molar-refractivity contribution in [3.05, 3.63) is 48.0 Å². The number of sulfonamides is 1. The molecule has 2 aromatic rings. The minimum atomic E-state index is -3.82. The maximum atomic E-state index is 13.1. The average molecular weight is 448 g/mol. The lowest BCUT2D eigenvalue weighted by Gasteiger charge is -2.34. The van der Waals surface area contributed by atoms with Crippen molar-refractivity contribution >= 4 is 22.2 Å². The number of piperazine rings is 1. The van der Waals surface area contributed by atoms with Gasteiger partial charge in [-0.2, -0.15) is 4.31 Å². The number of methoxy groups -OCH3 is 2. The fourth-order valence-electron chi connectivity index (χ4n) is 3.18. The minimum absolute atomic E-state index is 0.0243. The van der Waals surface area contributed by atoms with Crippen LogP contribution in [0.5, 0.6) is 17.2 Å². The molecular weight excluding hydrogens is 424 g/mol. The van der Waals surface area contributed by atoms with Gasteiger partial charge in [-0.1, -0.05) is 0 Å². The van der Waals surface area contributed by atoms with Gasteiger partial charge in [0.05, 0.1) is 14.2 Å². The van der Waals surface area contributed by atoms with Crippen molar-refractivity contribution < 1.29 is 32.2 Å². The molecule has 1 fully saturated rings. The van der Waals surface area contributed by atoms with Crippen molar-refractivity contribution in [3.63, 3.8) is 0 Å². The quantitative estimate of drug-likeness (QED) is 0.563. The topological polar surface area (TPSA) is 102 Å². The van der Waals surface area contributed by atoms with Crippen LogP contribution in [0.2, 0.25) is 0 Å². The van der Waals surface area contributed by atoms with Gasteiger partial charge in [0.25, 0.3) is 5.91 Å². The number of aldehydes is 1. The zero-order chi connectivity index (χ0) is 22.4. The molecule has 1 aliphatic rings. The van der Waals surface area contributed by atoms with E-state index in [-0.39, 0.29) is 49.3 Å². The number of nitrogens with zero attached hydrogens (tertiary/aromatic N) is 2. The summed E-state index contributed by atoms with van der Waals surface area (Å²) in [6.07, 6.45) is 0.726. The smallest absolute Gasteiger partial charge is 0.260 e. The van der Waals surface area contributed by atoms with Crippen LogP contribution < -0.4 is 14.2 Å². The molecule has 0 saturated carbocycles. The van der Waals surface area contributed by atoms with Crippen LogP contribution in [-0.2, 0) is 14.8 Å². The van der Waals surface area contributed by atoms with E-state index in [9.17, 15) is 18.0 Å². The van der Waals surface area contributed by atoms with Gasteiger partial charge in [0.15, 0.2) is 6.61 Å². The van der Waals surface area contributed by atoms with E-state index in [4.69, 9.17) is 14.2 Å². The van der Waals surface area contributed by atoms with Gasteiger partial charge >= 0.3 is 0 Å². The minimum Gasteiger partial charge on any atom is -0.497 e. The van der Waals surface area contributed by atoms with Crippen LogP contribution in [-0.4, -0.2) is 76.8 Å². The van der Waals surface area contributed by atoms with Gasteiger partial charge in [-0.05, 0) is 36.4 Å². The molecule has 1 saturated heterocycles. The van der Waals surface area contributed by atoms with Gasteiger partial charge in [-0.25, -0.2) is 8.42 Å². The van der Waals surface area contributed by atoms with Gasteiger partial charge in [0.2, 0.25) is 10.0 Å². The summed E-state index contributed by atoms with van der Waals surface area (Å²) in [5, 5.41) is 0. The van der Waals surface area contributed by atoms with Crippen molar-refractivity contribution in [2.45, 2.75) is 4.90 Å². The van der Waals surface area contributed by atoms with Crippen molar-refractivity contribution in [1.29, 1.82) is 0 Å². The highest BCUT2D eigenvalue weighted by molar-refractivity contribution is 7.89. The number of carbonyl (C=O) groups excluding carboxylic acids is 2. The molecule has 3 rings (SSSR count). The highest BCUT2D eigenvalue weighted by Crippen LogP contribution is 2.31. The van der Waals surface area contributed by atoms with Crippen molar-refractivity contribution in [2.24, 2.45) is 0 Å². The second kappa shape index (κ2) is 9.80. The summed E-state index contributed by atoms with van der Waals surface area (Å²) in [5.74, 6) is 0.876. The number of hydrogen-bond acceptors (Lipinski definition) is 7. The zero-order valence-electron chi connectivity index (χ0n) is 17.3. The van der Waals surface area contributed by atoms with Crippen LogP contribution in [0, 0.1) is 0 Å². The lowest BCUT2D eigenvalue weighted by atomic mass is 10.2. The van der Waals surface area contributed by atoms with E-state index in [1.54, 1.807) is 41.3 Å². The first-order valence-electron chi connectivity index (χ1n) is 9.57. The molecule has 0 N–H and O–H groups in total. The fourth-order valence-corrected chi connectivity index (χ4v) is 4.77. The Morgan fingerprint density at radius 3 is 2.19 bits per heavy atom. The maximum absolute atomic E-state index is 13.1. The monoisotopic (exact) mass is 448 g/mol. The molecule has 1 heterocycles. The Labute approximate surface area is 181 Å². The molecule has 0 aromatic heterocycles. The predicted octanol–water partition coefficient (Wildman–Crippen LogP) is 1.43. The molecule has 31 heavy (non-hydrogen) atoms. The zero-order valence-corrected chi connectivity index (χ0v) is 18.1. The Hall–Kier alpha value is -3.11. The molecule has 0 atom stereocenters. The third-order valence-corrected chi connectivity index (χ3v) is 6.88. The first-order valence-corrected chi connectivity index (χ1v) is 11.0. The average Bonchev–Trinajstić information content (AvgIpc) is 2.82. The fraction of sp³-hybridized carbons (Fsp3) is 0.333. The molecule has 0 radical (unpaired) electrons. The molecule has 0 aliphatic carbocycles. The van der Waals surface area contributed by atoms with E-state index in [0.717, 1.165) is 6.29 Å². The molecule has 1 amide bonds. The third-order valence-electron chi connectivity index (χ3n) is 4.96. The molecule has 0 spiro atoms. The second-order valence-corrected chi connectivity index (χ2v) is 8.68. The summed E-state index contributed by atoms with van der Waals surface area (Å²) in [4.78, 5) is 24.7. The van der Waals surface area contributed by atoms with Gasteiger partial charge in [0, 0.05) is 37.8 Å². The van der Waals surface area contributed by atoms with Crippen LogP contribution in [0.25, 0.3) is 0 Å². The SMILES string of the molecule is COc1ccc(OC)c(S(=O)(=O)N2CCN(C(=O)COc3ccc(C=O)cc3)CC2)c1. The number of hydrogen-bond donors (Lipinski definition) is 0. The molecule has 166 valence electrons. The molecule has 0 bridgehead atoms. The Morgan fingerprint density at radius 1 is 0.968 bits per heavy atom. The Kier molecular flexibility index (Phi) is 7.13. The van der Waals surface area contributed by atoms with E-state index >= 15 is 0 Å². The van der Waals surface area contributed by atoms with Crippen molar-refractivity contribution in [2.75, 3.05) is 47.0 Å². The molecule has 0 unspecified atom stereocenters. The van der Waals surface area contributed by atoms with Gasteiger partial charge in [0.1, 0.15) is 28.4 Å². The van der Waals surface area contributed by atoms with Crippen LogP contribution >= 0.6 is 0 Å². The maximum Gasteiger partial charge on any atom is 0.260 e. The lowest BCUT2D eigenvalue weighted by molar-refractivity contribution is -0.134. The molecular formula is C21H24N2O7S.